The first-order chi connectivity index (χ1) is 20.0. The Hall–Kier alpha value is -3.78. The fourth-order valence-electron chi connectivity index (χ4n) is 5.52. The Bertz CT molecular complexity index is 1540. The quantitative estimate of drug-likeness (QED) is 0.181. The van der Waals surface area contributed by atoms with Gasteiger partial charge in [0.25, 0.3) is 0 Å². The summed E-state index contributed by atoms with van der Waals surface area (Å²) in [6.07, 6.45) is 6.97. The van der Waals surface area contributed by atoms with Crippen LogP contribution in [0.15, 0.2) is 72.8 Å². The fourth-order valence-corrected chi connectivity index (χ4v) is 5.52. The van der Waals surface area contributed by atoms with Crippen molar-refractivity contribution in [1.29, 1.82) is 0 Å². The molecule has 42 heavy (non-hydrogen) atoms. The van der Waals surface area contributed by atoms with Gasteiger partial charge in [-0.3, -0.25) is 9.59 Å². The van der Waals surface area contributed by atoms with Crippen molar-refractivity contribution in [2.75, 3.05) is 0 Å². The Morgan fingerprint density at radius 3 is 1.38 bits per heavy atom. The molecule has 0 aliphatic heterocycles. The molecule has 0 N–H and O–H groups in total. The summed E-state index contributed by atoms with van der Waals surface area (Å²) >= 11 is 0. The second-order valence-corrected chi connectivity index (χ2v) is 11.7. The van der Waals surface area contributed by atoms with Crippen molar-refractivity contribution >= 4 is 11.6 Å². The van der Waals surface area contributed by atoms with Crippen LogP contribution in [-0.4, -0.2) is 11.6 Å². The molecule has 0 radical (unpaired) electrons. The third-order valence-electron chi connectivity index (χ3n) is 7.91. The summed E-state index contributed by atoms with van der Waals surface area (Å²) in [4.78, 5) is 24.0. The van der Waals surface area contributed by atoms with Crippen LogP contribution in [0, 0.1) is 27.7 Å². The van der Waals surface area contributed by atoms with E-state index in [0.717, 1.165) is 46.2 Å². The zero-order valence-corrected chi connectivity index (χ0v) is 27.0. The van der Waals surface area contributed by atoms with E-state index in [1.54, 1.807) is 13.8 Å². The number of hydrogen-bond donors (Lipinski definition) is 0. The van der Waals surface area contributed by atoms with E-state index in [2.05, 4.69) is 95.3 Å². The number of rotatable bonds is 10. The van der Waals surface area contributed by atoms with Crippen LogP contribution in [0.5, 0.6) is 0 Å². The van der Waals surface area contributed by atoms with Gasteiger partial charge in [-0.25, -0.2) is 0 Å². The molecule has 2 nitrogen and oxygen atoms in total. The van der Waals surface area contributed by atoms with Crippen molar-refractivity contribution in [2.24, 2.45) is 0 Å². The summed E-state index contributed by atoms with van der Waals surface area (Å²) < 4.78 is 0. The Morgan fingerprint density at radius 1 is 0.500 bits per heavy atom. The van der Waals surface area contributed by atoms with Crippen LogP contribution in [0.4, 0.5) is 0 Å². The zero-order chi connectivity index (χ0) is 30.8. The van der Waals surface area contributed by atoms with Crippen LogP contribution in [-0.2, 0) is 12.8 Å². The van der Waals surface area contributed by atoms with E-state index in [0.29, 0.717) is 0 Å². The summed E-state index contributed by atoms with van der Waals surface area (Å²) in [5.41, 5.74) is 13.6. The molecule has 0 atom stereocenters. The molecular weight excluding hydrogens is 512 g/mol. The summed E-state index contributed by atoms with van der Waals surface area (Å²) in [7, 11) is 0. The molecule has 0 aliphatic rings. The minimum Gasteiger partial charge on any atom is -0.294 e. The Labute approximate surface area is 254 Å². The minimum absolute atomic E-state index is 0.119. The molecule has 4 rings (SSSR count). The van der Waals surface area contributed by atoms with E-state index in [1.807, 2.05) is 19.1 Å². The van der Waals surface area contributed by atoms with Crippen molar-refractivity contribution in [3.63, 3.8) is 0 Å². The Morgan fingerprint density at radius 2 is 0.905 bits per heavy atom. The van der Waals surface area contributed by atoms with Gasteiger partial charge in [0.15, 0.2) is 11.6 Å². The maximum Gasteiger partial charge on any atom is 0.160 e. The predicted molar refractivity (Wildman–Crippen MR) is 180 cm³/mol. The fraction of sp³-hybridized carbons (Fsp3) is 0.350. The molecule has 4 aromatic carbocycles. The van der Waals surface area contributed by atoms with Gasteiger partial charge in [0, 0.05) is 11.1 Å². The maximum atomic E-state index is 12.2. The molecule has 4 aromatic rings. The van der Waals surface area contributed by atoms with Gasteiger partial charge in [-0.15, -0.1) is 0 Å². The number of hydrogen-bond acceptors (Lipinski definition) is 2. The van der Waals surface area contributed by atoms with E-state index in [9.17, 15) is 9.59 Å². The summed E-state index contributed by atoms with van der Waals surface area (Å²) in [6, 6.07) is 25.5. The first-order valence-electron chi connectivity index (χ1n) is 15.5. The summed E-state index contributed by atoms with van der Waals surface area (Å²) in [5.74, 6) is 0.270. The van der Waals surface area contributed by atoms with Gasteiger partial charge in [0.05, 0.1) is 0 Å². The number of benzene rings is 4. The van der Waals surface area contributed by atoms with E-state index in [4.69, 9.17) is 0 Å². The van der Waals surface area contributed by atoms with Crippen LogP contribution in [0.2, 0.25) is 0 Å². The van der Waals surface area contributed by atoms with Crippen LogP contribution in [0.1, 0.15) is 107 Å². The topological polar surface area (TPSA) is 34.1 Å². The molecule has 0 saturated heterocycles. The van der Waals surface area contributed by atoms with E-state index < -0.39 is 0 Å². The number of unbranched alkanes of at least 4 members (excludes halogenated alkanes) is 2. The third kappa shape index (κ3) is 8.61. The Balaban J connectivity index is 0.000000240. The van der Waals surface area contributed by atoms with E-state index in [1.165, 1.54) is 59.1 Å². The van der Waals surface area contributed by atoms with Crippen LogP contribution >= 0.6 is 0 Å². The van der Waals surface area contributed by atoms with Crippen molar-refractivity contribution in [1.82, 2.24) is 0 Å². The average molecular weight is 561 g/mol. The number of aryl methyl sites for hydroxylation is 6. The van der Waals surface area contributed by atoms with Crippen LogP contribution < -0.4 is 0 Å². The molecule has 0 aromatic heterocycles. The third-order valence-corrected chi connectivity index (χ3v) is 7.91. The Kier molecular flexibility index (Phi) is 12.0. The smallest absolute Gasteiger partial charge is 0.160 e. The normalized spacial score (nSPS) is 10.7. The molecule has 2 heteroatoms. The van der Waals surface area contributed by atoms with Gasteiger partial charge in [-0.05, 0) is 124 Å². The molecule has 0 amide bonds. The lowest BCUT2D eigenvalue weighted by molar-refractivity contribution is 0.101. The molecular formula is C40H48O2. The van der Waals surface area contributed by atoms with Crippen molar-refractivity contribution in [3.05, 3.63) is 117 Å². The molecule has 0 spiro atoms. The first-order valence-corrected chi connectivity index (χ1v) is 15.5. The monoisotopic (exact) mass is 560 g/mol. The highest BCUT2D eigenvalue weighted by molar-refractivity contribution is 6.02. The van der Waals surface area contributed by atoms with E-state index >= 15 is 0 Å². The maximum absolute atomic E-state index is 12.2. The first kappa shape index (κ1) is 32.7. The predicted octanol–water partition coefficient (Wildman–Crippen LogP) is 11.0. The lowest BCUT2D eigenvalue weighted by atomic mass is 9.90. The highest BCUT2D eigenvalue weighted by atomic mass is 16.1. The van der Waals surface area contributed by atoms with Gasteiger partial charge in [-0.2, -0.15) is 0 Å². The SMILES string of the molecule is CC(=O)c1cc(C)ccc1-c1ccc(C)cc1C.CCCCc1ccc(-c2ccc(CCCC)cc2C(C)=O)c(C)c1. The molecule has 0 bridgehead atoms. The van der Waals surface area contributed by atoms with Crippen molar-refractivity contribution in [3.8, 4) is 22.3 Å². The lowest BCUT2D eigenvalue weighted by Gasteiger charge is -2.14. The second-order valence-electron chi connectivity index (χ2n) is 11.7. The van der Waals surface area contributed by atoms with Gasteiger partial charge < -0.3 is 0 Å². The number of carbonyl (C=O) groups is 2. The average Bonchev–Trinajstić information content (AvgIpc) is 2.95. The summed E-state index contributed by atoms with van der Waals surface area (Å²) in [5, 5.41) is 0. The molecule has 0 heterocycles. The van der Waals surface area contributed by atoms with Crippen molar-refractivity contribution in [2.45, 2.75) is 93.9 Å². The largest absolute Gasteiger partial charge is 0.294 e. The molecule has 0 saturated carbocycles. The molecule has 0 fully saturated rings. The second kappa shape index (κ2) is 15.4. The number of Topliss-reactive ketones (excluding diaryl/α,β-unsaturated/α-hetero) is 2. The highest BCUT2D eigenvalue weighted by Gasteiger charge is 2.13. The van der Waals surface area contributed by atoms with Crippen LogP contribution in [0.3, 0.4) is 0 Å². The van der Waals surface area contributed by atoms with Gasteiger partial charge in [0.2, 0.25) is 0 Å². The standard InChI is InChI=1S/C23H30O.C17H18O/c1-5-7-9-19-11-13-21(17(3)15-19)22-14-12-20(10-8-6-2)16-23(22)18(4)24;1-11-5-7-15(13(3)9-11)16-8-6-12(2)10-17(16)14(4)18/h11-16H,5-10H2,1-4H3;5-10H,1-4H3. The van der Waals surface area contributed by atoms with Gasteiger partial charge in [0.1, 0.15) is 0 Å². The highest BCUT2D eigenvalue weighted by Crippen LogP contribution is 2.30. The van der Waals surface area contributed by atoms with E-state index in [-0.39, 0.29) is 11.6 Å². The van der Waals surface area contributed by atoms with Crippen molar-refractivity contribution < 1.29 is 9.59 Å². The lowest BCUT2D eigenvalue weighted by Crippen LogP contribution is -2.00. The minimum atomic E-state index is 0.119. The zero-order valence-electron chi connectivity index (χ0n) is 27.0. The summed E-state index contributed by atoms with van der Waals surface area (Å²) in [6.45, 7) is 16.1. The number of carbonyl (C=O) groups excluding carboxylic acids is 2. The molecule has 0 aliphatic carbocycles. The van der Waals surface area contributed by atoms with Gasteiger partial charge in [-0.1, -0.05) is 98.5 Å². The molecule has 220 valence electrons. The van der Waals surface area contributed by atoms with Crippen LogP contribution in [0.25, 0.3) is 22.3 Å². The molecule has 0 unspecified atom stereocenters. The number of ketones is 2. The van der Waals surface area contributed by atoms with Gasteiger partial charge >= 0.3 is 0 Å².